The lowest BCUT2D eigenvalue weighted by Crippen LogP contribution is -2.05. The van der Waals surface area contributed by atoms with Crippen LogP contribution in [0.25, 0.3) is 5.69 Å². The van der Waals surface area contributed by atoms with Gasteiger partial charge in [0.25, 0.3) is 0 Å². The van der Waals surface area contributed by atoms with E-state index in [1.807, 2.05) is 6.07 Å². The van der Waals surface area contributed by atoms with Gasteiger partial charge in [-0.15, -0.1) is 0 Å². The molecule has 0 bridgehead atoms. The van der Waals surface area contributed by atoms with Gasteiger partial charge in [0.1, 0.15) is 5.56 Å². The van der Waals surface area contributed by atoms with Crippen LogP contribution in [-0.2, 0) is 0 Å². The van der Waals surface area contributed by atoms with Crippen LogP contribution in [0.2, 0.25) is 0 Å². The molecule has 1 aromatic heterocycles. The second-order valence-corrected chi connectivity index (χ2v) is 4.60. The molecule has 1 aromatic carbocycles. The largest absolute Gasteiger partial charge is 0.478 e. The van der Waals surface area contributed by atoms with Crippen molar-refractivity contribution in [3.63, 3.8) is 0 Å². The Morgan fingerprint density at radius 1 is 1.47 bits per heavy atom. The first kappa shape index (κ1) is 11.5. The van der Waals surface area contributed by atoms with E-state index in [2.05, 4.69) is 11.2 Å². The van der Waals surface area contributed by atoms with Gasteiger partial charge in [0.2, 0.25) is 0 Å². The number of hydrogen-bond donors (Lipinski definition) is 1. The maximum absolute atomic E-state index is 11.2. The summed E-state index contributed by atoms with van der Waals surface area (Å²) in [5.74, 6) is -0.691. The van der Waals surface area contributed by atoms with E-state index in [9.17, 15) is 9.90 Å². The van der Waals surface area contributed by atoms with E-state index in [1.165, 1.54) is 6.20 Å². The Morgan fingerprint density at radius 3 is 2.89 bits per heavy atom. The van der Waals surface area contributed by atoms with E-state index in [0.717, 1.165) is 24.2 Å². The van der Waals surface area contributed by atoms with Gasteiger partial charge in [0, 0.05) is 5.92 Å². The monoisotopic (exact) mass is 253 g/mol. The van der Waals surface area contributed by atoms with Crippen LogP contribution in [0.5, 0.6) is 0 Å². The lowest BCUT2D eigenvalue weighted by molar-refractivity contribution is 0.0695. The van der Waals surface area contributed by atoms with Gasteiger partial charge in [-0.05, 0) is 31.0 Å². The van der Waals surface area contributed by atoms with Crippen LogP contribution in [0.3, 0.4) is 0 Å². The number of benzene rings is 1. The molecule has 1 N–H and O–H groups in total. The molecule has 0 aliphatic heterocycles. The van der Waals surface area contributed by atoms with Gasteiger partial charge in [-0.3, -0.25) is 0 Å². The Labute approximate surface area is 109 Å². The van der Waals surface area contributed by atoms with Crippen molar-refractivity contribution >= 4 is 5.97 Å². The molecule has 94 valence electrons. The van der Waals surface area contributed by atoms with Gasteiger partial charge in [-0.2, -0.15) is 10.4 Å². The maximum Gasteiger partial charge on any atom is 0.339 e. The van der Waals surface area contributed by atoms with Gasteiger partial charge in [-0.1, -0.05) is 6.07 Å². The Hall–Kier alpha value is -2.61. The zero-order valence-corrected chi connectivity index (χ0v) is 10.1. The van der Waals surface area contributed by atoms with Crippen LogP contribution in [0.15, 0.2) is 30.5 Å². The molecule has 0 saturated heterocycles. The zero-order chi connectivity index (χ0) is 13.4. The van der Waals surface area contributed by atoms with Crippen molar-refractivity contribution in [2.75, 3.05) is 0 Å². The van der Waals surface area contributed by atoms with Crippen molar-refractivity contribution in [3.8, 4) is 11.8 Å². The second kappa shape index (κ2) is 4.25. The van der Waals surface area contributed by atoms with E-state index < -0.39 is 5.97 Å². The van der Waals surface area contributed by atoms with E-state index in [0.29, 0.717) is 5.56 Å². The predicted octanol–water partition coefficient (Wildman–Crippen LogP) is 2.32. The SMILES string of the molecule is N#Cc1cccc(-n2ncc(C(=O)O)c2C2CC2)c1. The lowest BCUT2D eigenvalue weighted by Gasteiger charge is -2.07. The molecule has 1 fully saturated rings. The summed E-state index contributed by atoms with van der Waals surface area (Å²) in [4.78, 5) is 11.2. The Morgan fingerprint density at radius 2 is 2.26 bits per heavy atom. The summed E-state index contributed by atoms with van der Waals surface area (Å²) in [5.41, 5.74) is 2.26. The molecule has 3 rings (SSSR count). The summed E-state index contributed by atoms with van der Waals surface area (Å²) >= 11 is 0. The van der Waals surface area contributed by atoms with Crippen molar-refractivity contribution < 1.29 is 9.90 Å². The molecule has 1 aliphatic carbocycles. The van der Waals surface area contributed by atoms with Crippen LogP contribution in [0.4, 0.5) is 0 Å². The molecular formula is C14H11N3O2. The summed E-state index contributed by atoms with van der Waals surface area (Å²) in [6.07, 6.45) is 3.36. The third kappa shape index (κ3) is 1.97. The minimum Gasteiger partial charge on any atom is -0.478 e. The van der Waals surface area contributed by atoms with E-state index >= 15 is 0 Å². The molecule has 0 spiro atoms. The van der Waals surface area contributed by atoms with Crippen LogP contribution < -0.4 is 0 Å². The fraction of sp³-hybridized carbons (Fsp3) is 0.214. The third-order valence-electron chi connectivity index (χ3n) is 3.22. The average molecular weight is 253 g/mol. The standard InChI is InChI=1S/C14H11N3O2/c15-7-9-2-1-3-11(6-9)17-13(10-4-5-10)12(8-16-17)14(18)19/h1-3,6,8,10H,4-5H2,(H,18,19). The quantitative estimate of drug-likeness (QED) is 0.910. The fourth-order valence-corrected chi connectivity index (χ4v) is 2.19. The summed E-state index contributed by atoms with van der Waals surface area (Å²) in [7, 11) is 0. The predicted molar refractivity (Wildman–Crippen MR) is 67.2 cm³/mol. The second-order valence-electron chi connectivity index (χ2n) is 4.60. The maximum atomic E-state index is 11.2. The number of carboxylic acid groups (broad SMARTS) is 1. The number of nitriles is 1. The van der Waals surface area contributed by atoms with Crippen LogP contribution in [0, 0.1) is 11.3 Å². The Balaban J connectivity index is 2.14. The van der Waals surface area contributed by atoms with Gasteiger partial charge >= 0.3 is 5.97 Å². The summed E-state index contributed by atoms with van der Waals surface area (Å²) in [6, 6.07) is 9.09. The highest BCUT2D eigenvalue weighted by molar-refractivity contribution is 5.89. The Kier molecular flexibility index (Phi) is 2.57. The van der Waals surface area contributed by atoms with Crippen molar-refractivity contribution in [1.82, 2.24) is 9.78 Å². The molecule has 1 heterocycles. The molecule has 1 aliphatic rings. The van der Waals surface area contributed by atoms with Crippen LogP contribution in [-0.4, -0.2) is 20.9 Å². The summed E-state index contributed by atoms with van der Waals surface area (Å²) in [5, 5.41) is 22.3. The zero-order valence-electron chi connectivity index (χ0n) is 10.1. The molecule has 5 heteroatoms. The van der Waals surface area contributed by atoms with E-state index in [4.69, 9.17) is 5.26 Å². The third-order valence-corrected chi connectivity index (χ3v) is 3.22. The average Bonchev–Trinajstić information content (AvgIpc) is 3.16. The summed E-state index contributed by atoms with van der Waals surface area (Å²) in [6.45, 7) is 0. The fourth-order valence-electron chi connectivity index (χ4n) is 2.19. The lowest BCUT2D eigenvalue weighted by atomic mass is 10.1. The molecule has 0 radical (unpaired) electrons. The molecule has 5 nitrogen and oxygen atoms in total. The van der Waals surface area contributed by atoms with Crippen LogP contribution >= 0.6 is 0 Å². The van der Waals surface area contributed by atoms with Gasteiger partial charge in [-0.25, -0.2) is 9.48 Å². The Bertz CT molecular complexity index is 693. The van der Waals surface area contributed by atoms with Crippen LogP contribution in [0.1, 0.15) is 40.4 Å². The normalized spacial score (nSPS) is 14.1. The van der Waals surface area contributed by atoms with Crippen molar-refractivity contribution in [2.24, 2.45) is 0 Å². The highest BCUT2D eigenvalue weighted by Crippen LogP contribution is 2.42. The first-order chi connectivity index (χ1) is 9.20. The number of carbonyl (C=O) groups is 1. The minimum absolute atomic E-state index is 0.255. The molecule has 19 heavy (non-hydrogen) atoms. The molecular weight excluding hydrogens is 242 g/mol. The molecule has 1 saturated carbocycles. The van der Waals surface area contributed by atoms with Crippen molar-refractivity contribution in [3.05, 3.63) is 47.3 Å². The first-order valence-electron chi connectivity index (χ1n) is 6.02. The molecule has 0 unspecified atom stereocenters. The van der Waals surface area contributed by atoms with Gasteiger partial charge < -0.3 is 5.11 Å². The van der Waals surface area contributed by atoms with E-state index in [-0.39, 0.29) is 11.5 Å². The smallest absolute Gasteiger partial charge is 0.339 e. The number of aromatic nitrogens is 2. The number of carboxylic acids is 1. The number of hydrogen-bond acceptors (Lipinski definition) is 3. The first-order valence-corrected chi connectivity index (χ1v) is 6.02. The minimum atomic E-state index is -0.954. The topological polar surface area (TPSA) is 78.9 Å². The summed E-state index contributed by atoms with van der Waals surface area (Å²) < 4.78 is 1.64. The number of rotatable bonds is 3. The highest BCUT2D eigenvalue weighted by atomic mass is 16.4. The number of aromatic carboxylic acids is 1. The van der Waals surface area contributed by atoms with Gasteiger partial charge in [0.05, 0.1) is 29.2 Å². The number of nitrogens with zero attached hydrogens (tertiary/aromatic N) is 3. The molecule has 2 aromatic rings. The molecule has 0 atom stereocenters. The van der Waals surface area contributed by atoms with Crippen molar-refractivity contribution in [1.29, 1.82) is 5.26 Å². The van der Waals surface area contributed by atoms with E-state index in [1.54, 1.807) is 22.9 Å². The highest BCUT2D eigenvalue weighted by Gasteiger charge is 2.32. The molecule has 0 amide bonds. The van der Waals surface area contributed by atoms with Crippen molar-refractivity contribution in [2.45, 2.75) is 18.8 Å². The van der Waals surface area contributed by atoms with Gasteiger partial charge in [0.15, 0.2) is 0 Å².